The lowest BCUT2D eigenvalue weighted by molar-refractivity contribution is -0.125. The first-order valence-corrected chi connectivity index (χ1v) is 12.4. The third-order valence-corrected chi connectivity index (χ3v) is 5.83. The standard InChI is InChI=1S/C27H31FN6O7/c1-31(2)23(35)11-7-6-10-21(41-26(38)32(3)4)24(36)30-18-9-8-14-33(25(18)37)16-22-29-19-15-17(28)12-13-20(19)34(22)27(39)40-5/h7-9,11-15,21H,6,10,16H2,1-5H3,(H,30,36)/b11-7+/t21-/m0/s1. The number of anilines is 1. The number of nitrogens with zero attached hydrogens (tertiary/aromatic N) is 5. The maximum atomic E-state index is 13.8. The number of likely N-dealkylation sites (N-methyl/N-ethyl adjacent to an activating group) is 1. The SMILES string of the molecule is COC(=O)n1c(Cn2cccc(NC(=O)[C@H](CC/C=C/C(=O)N(C)C)OC(=O)N(C)C)c2=O)nc2cc(F)ccc21. The molecule has 0 aliphatic carbocycles. The molecule has 0 saturated carbocycles. The Bertz CT molecular complexity index is 1540. The van der Waals surface area contributed by atoms with Crippen LogP contribution in [0.5, 0.6) is 0 Å². The minimum Gasteiger partial charge on any atom is -0.452 e. The van der Waals surface area contributed by atoms with Gasteiger partial charge in [0.25, 0.3) is 11.5 Å². The molecule has 0 fully saturated rings. The van der Waals surface area contributed by atoms with Crippen LogP contribution in [0.4, 0.5) is 19.7 Å². The molecule has 218 valence electrons. The largest absolute Gasteiger partial charge is 0.452 e. The molecule has 0 radical (unpaired) electrons. The second-order valence-corrected chi connectivity index (χ2v) is 9.29. The number of ether oxygens (including phenoxy) is 2. The summed E-state index contributed by atoms with van der Waals surface area (Å²) in [5.74, 6) is -1.45. The van der Waals surface area contributed by atoms with E-state index in [0.717, 1.165) is 15.5 Å². The van der Waals surface area contributed by atoms with Crippen molar-refractivity contribution in [2.75, 3.05) is 40.6 Å². The number of amides is 3. The van der Waals surface area contributed by atoms with Gasteiger partial charge < -0.3 is 29.2 Å². The number of hydrogen-bond acceptors (Lipinski definition) is 8. The average molecular weight is 571 g/mol. The van der Waals surface area contributed by atoms with Crippen molar-refractivity contribution < 1.29 is 33.0 Å². The first-order valence-electron chi connectivity index (χ1n) is 12.4. The van der Waals surface area contributed by atoms with Crippen LogP contribution in [0.1, 0.15) is 18.7 Å². The van der Waals surface area contributed by atoms with Crippen molar-refractivity contribution in [1.29, 1.82) is 0 Å². The highest BCUT2D eigenvalue weighted by molar-refractivity contribution is 5.95. The molecule has 0 aliphatic heterocycles. The molecule has 0 spiro atoms. The lowest BCUT2D eigenvalue weighted by atomic mass is 10.1. The van der Waals surface area contributed by atoms with Gasteiger partial charge in [-0.25, -0.2) is 23.5 Å². The van der Waals surface area contributed by atoms with Crippen LogP contribution in [0.2, 0.25) is 0 Å². The van der Waals surface area contributed by atoms with Crippen LogP contribution in [0, 0.1) is 5.82 Å². The van der Waals surface area contributed by atoms with Gasteiger partial charge in [-0.1, -0.05) is 6.08 Å². The molecule has 1 N–H and O–H groups in total. The van der Waals surface area contributed by atoms with Crippen molar-refractivity contribution in [3.05, 3.63) is 70.7 Å². The molecule has 0 unspecified atom stereocenters. The number of pyridine rings is 1. The number of carbonyl (C=O) groups excluding carboxylic acids is 4. The van der Waals surface area contributed by atoms with E-state index in [1.165, 1.54) is 67.2 Å². The Kier molecular flexibility index (Phi) is 9.95. The van der Waals surface area contributed by atoms with Crippen molar-refractivity contribution >= 4 is 40.7 Å². The molecule has 2 aromatic heterocycles. The number of nitrogens with one attached hydrogen (secondary N) is 1. The van der Waals surface area contributed by atoms with Crippen molar-refractivity contribution in [3.8, 4) is 0 Å². The predicted octanol–water partition coefficient (Wildman–Crippen LogP) is 2.43. The fraction of sp³-hybridized carbons (Fsp3) is 0.333. The number of methoxy groups -OCH3 is 1. The number of allylic oxidation sites excluding steroid dienone is 1. The predicted molar refractivity (Wildman–Crippen MR) is 147 cm³/mol. The normalized spacial score (nSPS) is 11.8. The highest BCUT2D eigenvalue weighted by Gasteiger charge is 2.25. The van der Waals surface area contributed by atoms with E-state index in [4.69, 9.17) is 9.47 Å². The molecule has 1 atom stereocenters. The minimum atomic E-state index is -1.27. The quantitative estimate of drug-likeness (QED) is 0.386. The maximum absolute atomic E-state index is 13.8. The third kappa shape index (κ3) is 7.56. The van der Waals surface area contributed by atoms with Gasteiger partial charge in [0.2, 0.25) is 5.91 Å². The zero-order valence-corrected chi connectivity index (χ0v) is 23.3. The van der Waals surface area contributed by atoms with Gasteiger partial charge in [-0.3, -0.25) is 14.4 Å². The molecule has 1 aromatic carbocycles. The van der Waals surface area contributed by atoms with Gasteiger partial charge in [0.05, 0.1) is 24.7 Å². The van der Waals surface area contributed by atoms with E-state index in [9.17, 15) is 28.4 Å². The molecule has 3 aromatic rings. The zero-order valence-electron chi connectivity index (χ0n) is 23.3. The molecule has 0 saturated heterocycles. The Balaban J connectivity index is 1.85. The summed E-state index contributed by atoms with van der Waals surface area (Å²) < 4.78 is 26.2. The summed E-state index contributed by atoms with van der Waals surface area (Å²) in [7, 11) is 7.29. The molecule has 0 bridgehead atoms. The molecular weight excluding hydrogens is 539 g/mol. The Labute approximate surface area is 234 Å². The molecule has 14 heteroatoms. The van der Waals surface area contributed by atoms with Gasteiger partial charge in [0.1, 0.15) is 17.3 Å². The second kappa shape index (κ2) is 13.4. The van der Waals surface area contributed by atoms with Gasteiger partial charge in [-0.05, 0) is 43.2 Å². The molecule has 3 rings (SSSR count). The summed E-state index contributed by atoms with van der Waals surface area (Å²) >= 11 is 0. The summed E-state index contributed by atoms with van der Waals surface area (Å²) in [6.45, 7) is -0.211. The van der Waals surface area contributed by atoms with Crippen LogP contribution in [0.15, 0.2) is 53.5 Å². The van der Waals surface area contributed by atoms with Crippen molar-refractivity contribution in [2.45, 2.75) is 25.5 Å². The van der Waals surface area contributed by atoms with Gasteiger partial charge in [-0.15, -0.1) is 0 Å². The van der Waals surface area contributed by atoms with E-state index in [2.05, 4.69) is 10.3 Å². The molecular formula is C27H31FN6O7. The fourth-order valence-corrected chi connectivity index (χ4v) is 3.68. The molecule has 13 nitrogen and oxygen atoms in total. The van der Waals surface area contributed by atoms with Crippen LogP contribution in [-0.2, 0) is 25.6 Å². The molecule has 2 heterocycles. The van der Waals surface area contributed by atoms with E-state index in [1.54, 1.807) is 20.2 Å². The van der Waals surface area contributed by atoms with Gasteiger partial charge >= 0.3 is 12.2 Å². The number of aromatic nitrogens is 3. The maximum Gasteiger partial charge on any atom is 0.419 e. The number of benzene rings is 1. The Morgan fingerprint density at radius 3 is 2.51 bits per heavy atom. The highest BCUT2D eigenvalue weighted by atomic mass is 19.1. The molecule has 3 amide bonds. The van der Waals surface area contributed by atoms with Crippen molar-refractivity contribution in [2.24, 2.45) is 0 Å². The Morgan fingerprint density at radius 2 is 1.85 bits per heavy atom. The Morgan fingerprint density at radius 1 is 1.12 bits per heavy atom. The van der Waals surface area contributed by atoms with E-state index in [1.807, 2.05) is 0 Å². The van der Waals surface area contributed by atoms with E-state index < -0.39 is 35.6 Å². The second-order valence-electron chi connectivity index (χ2n) is 9.29. The smallest absolute Gasteiger partial charge is 0.419 e. The van der Waals surface area contributed by atoms with Crippen LogP contribution in [0.3, 0.4) is 0 Å². The fourth-order valence-electron chi connectivity index (χ4n) is 3.68. The van der Waals surface area contributed by atoms with Crippen molar-refractivity contribution in [1.82, 2.24) is 23.9 Å². The molecule has 0 aliphatic rings. The van der Waals surface area contributed by atoms with E-state index >= 15 is 0 Å². The van der Waals surface area contributed by atoms with Crippen LogP contribution in [-0.4, -0.2) is 89.3 Å². The lowest BCUT2D eigenvalue weighted by Gasteiger charge is -2.19. The summed E-state index contributed by atoms with van der Waals surface area (Å²) in [5, 5.41) is 2.50. The molecule has 41 heavy (non-hydrogen) atoms. The van der Waals surface area contributed by atoms with Crippen LogP contribution in [0.25, 0.3) is 11.0 Å². The van der Waals surface area contributed by atoms with Crippen molar-refractivity contribution in [3.63, 3.8) is 0 Å². The van der Waals surface area contributed by atoms with E-state index in [-0.39, 0.29) is 47.8 Å². The average Bonchev–Trinajstić information content (AvgIpc) is 3.28. The zero-order chi connectivity index (χ0) is 30.3. The monoisotopic (exact) mass is 570 g/mol. The van der Waals surface area contributed by atoms with Gasteiger partial charge in [0.15, 0.2) is 6.10 Å². The summed E-state index contributed by atoms with van der Waals surface area (Å²) in [4.78, 5) is 69.6. The van der Waals surface area contributed by atoms with E-state index in [0.29, 0.717) is 0 Å². The van der Waals surface area contributed by atoms with Crippen LogP contribution < -0.4 is 10.9 Å². The number of rotatable bonds is 9. The highest BCUT2D eigenvalue weighted by Crippen LogP contribution is 2.19. The number of fused-ring (bicyclic) bond motifs is 1. The van der Waals surface area contributed by atoms with Gasteiger partial charge in [-0.2, -0.15) is 0 Å². The summed E-state index contributed by atoms with van der Waals surface area (Å²) in [5.41, 5.74) is -0.273. The Hall–Kier alpha value is -5.01. The topological polar surface area (TPSA) is 145 Å². The first kappa shape index (κ1) is 30.5. The first-order chi connectivity index (χ1) is 19.4. The van der Waals surface area contributed by atoms with Gasteiger partial charge in [0, 0.05) is 40.5 Å². The summed E-state index contributed by atoms with van der Waals surface area (Å²) in [6.07, 6.45) is 1.80. The third-order valence-electron chi connectivity index (χ3n) is 5.83. The summed E-state index contributed by atoms with van der Waals surface area (Å²) in [6, 6.07) is 6.57. The number of imidazole rings is 1. The number of halogens is 1. The van der Waals surface area contributed by atoms with Crippen LogP contribution >= 0.6 is 0 Å². The number of carbonyl (C=O) groups is 4. The minimum absolute atomic E-state index is 0.0450. The number of hydrogen-bond donors (Lipinski definition) is 1. The lowest BCUT2D eigenvalue weighted by Crippen LogP contribution is -2.37.